The van der Waals surface area contributed by atoms with Gasteiger partial charge in [0.25, 0.3) is 0 Å². The molecule has 1 heterocycles. The van der Waals surface area contributed by atoms with E-state index in [2.05, 4.69) is 50.2 Å². The van der Waals surface area contributed by atoms with E-state index in [-0.39, 0.29) is 10.8 Å². The lowest BCUT2D eigenvalue weighted by atomic mass is 9.82. The normalized spacial score (nSPS) is 14.6. The van der Waals surface area contributed by atoms with Crippen LogP contribution in [0.2, 0.25) is 0 Å². The maximum Gasteiger partial charge on any atom is 0.170 e. The van der Waals surface area contributed by atoms with E-state index in [1.165, 1.54) is 34.0 Å². The van der Waals surface area contributed by atoms with Crippen LogP contribution >= 0.6 is 11.8 Å². The minimum Gasteiger partial charge on any atom is -0.450 e. The third kappa shape index (κ3) is 4.01. The summed E-state index contributed by atoms with van der Waals surface area (Å²) >= 11 is 1.34. The summed E-state index contributed by atoms with van der Waals surface area (Å²) in [6, 6.07) is 36.6. The highest BCUT2D eigenvalue weighted by atomic mass is 32.2. The molecule has 7 rings (SSSR count). The van der Waals surface area contributed by atoms with Crippen molar-refractivity contribution in [3.8, 4) is 45.3 Å². The molecular formula is C35H28N2O2S. The highest BCUT2D eigenvalue weighted by Crippen LogP contribution is 2.55. The predicted octanol–water partition coefficient (Wildman–Crippen LogP) is 9.27. The summed E-state index contributed by atoms with van der Waals surface area (Å²) in [6.07, 6.45) is 0. The Hall–Kier alpha value is -4.32. The van der Waals surface area contributed by atoms with Gasteiger partial charge in [-0.05, 0) is 63.2 Å². The van der Waals surface area contributed by atoms with Crippen LogP contribution in [0.5, 0.6) is 23.0 Å². The van der Waals surface area contributed by atoms with Gasteiger partial charge in [-0.15, -0.1) is 0 Å². The molecular weight excluding hydrogens is 512 g/mol. The molecule has 1 unspecified atom stereocenters. The molecule has 0 saturated carbocycles. The first kappa shape index (κ1) is 24.7. The summed E-state index contributed by atoms with van der Waals surface area (Å²) in [5.41, 5.74) is 15.0. The second-order valence-electron chi connectivity index (χ2n) is 10.7. The van der Waals surface area contributed by atoms with Crippen LogP contribution in [0.3, 0.4) is 0 Å². The predicted molar refractivity (Wildman–Crippen MR) is 164 cm³/mol. The Labute approximate surface area is 238 Å². The molecule has 3 N–H and O–H groups in total. The van der Waals surface area contributed by atoms with Crippen LogP contribution in [-0.4, -0.2) is 5.04 Å². The first-order chi connectivity index (χ1) is 19.4. The summed E-state index contributed by atoms with van der Waals surface area (Å²) in [7, 11) is 0. The molecule has 40 heavy (non-hydrogen) atoms. The van der Waals surface area contributed by atoms with Crippen LogP contribution < -0.4 is 15.2 Å². The van der Waals surface area contributed by atoms with Crippen molar-refractivity contribution in [2.45, 2.75) is 24.6 Å². The zero-order chi connectivity index (χ0) is 27.4. The van der Waals surface area contributed by atoms with Crippen molar-refractivity contribution in [1.82, 2.24) is 0 Å². The third-order valence-electron chi connectivity index (χ3n) is 7.89. The van der Waals surface area contributed by atoms with Gasteiger partial charge in [-0.1, -0.05) is 111 Å². The Morgan fingerprint density at radius 2 is 1.32 bits per heavy atom. The summed E-state index contributed by atoms with van der Waals surface area (Å²) in [5.74, 6) is 2.78. The van der Waals surface area contributed by atoms with E-state index >= 15 is 0 Å². The van der Waals surface area contributed by atoms with Crippen LogP contribution in [-0.2, 0) is 5.41 Å². The Morgan fingerprint density at radius 3 is 2.15 bits per heavy atom. The van der Waals surface area contributed by atoms with Gasteiger partial charge < -0.3 is 15.2 Å². The molecule has 196 valence electrons. The van der Waals surface area contributed by atoms with E-state index in [1.54, 1.807) is 0 Å². The number of fused-ring (bicyclic) bond motifs is 5. The van der Waals surface area contributed by atoms with Crippen LogP contribution in [0.1, 0.15) is 41.5 Å². The highest BCUT2D eigenvalue weighted by Gasteiger charge is 2.37. The average Bonchev–Trinajstić information content (AvgIpc) is 3.20. The Balaban J connectivity index is 1.21. The van der Waals surface area contributed by atoms with Crippen LogP contribution in [0.4, 0.5) is 0 Å². The first-order valence-corrected chi connectivity index (χ1v) is 14.2. The van der Waals surface area contributed by atoms with Gasteiger partial charge in [0.15, 0.2) is 23.0 Å². The molecule has 0 spiro atoms. The number of rotatable bonds is 4. The number of benzene rings is 5. The number of hydrogen-bond donors (Lipinski definition) is 2. The van der Waals surface area contributed by atoms with Crippen molar-refractivity contribution >= 4 is 16.8 Å². The highest BCUT2D eigenvalue weighted by molar-refractivity contribution is 8.14. The molecule has 1 aliphatic heterocycles. The quantitative estimate of drug-likeness (QED) is 0.133. The van der Waals surface area contributed by atoms with Crippen molar-refractivity contribution in [3.05, 3.63) is 131 Å². The number of nitrogens with two attached hydrogens (primary N) is 1. The molecule has 5 aromatic carbocycles. The van der Waals surface area contributed by atoms with Crippen LogP contribution in [0.25, 0.3) is 22.3 Å². The summed E-state index contributed by atoms with van der Waals surface area (Å²) < 4.78 is 12.8. The molecule has 2 aliphatic rings. The maximum absolute atomic E-state index is 8.87. The molecule has 0 bridgehead atoms. The fourth-order valence-corrected chi connectivity index (χ4v) is 6.63. The summed E-state index contributed by atoms with van der Waals surface area (Å²) in [6.45, 7) is 4.52. The van der Waals surface area contributed by atoms with Crippen molar-refractivity contribution in [3.63, 3.8) is 0 Å². The van der Waals surface area contributed by atoms with Gasteiger partial charge in [-0.3, -0.25) is 5.41 Å². The van der Waals surface area contributed by atoms with Crippen molar-refractivity contribution in [2.24, 2.45) is 5.73 Å². The van der Waals surface area contributed by atoms with E-state index in [0.717, 1.165) is 28.0 Å². The molecule has 0 amide bonds. The second kappa shape index (κ2) is 9.40. The van der Waals surface area contributed by atoms with Gasteiger partial charge in [0.1, 0.15) is 0 Å². The Morgan fingerprint density at radius 1 is 0.675 bits per heavy atom. The molecule has 1 atom stereocenters. The molecule has 5 heteroatoms. The first-order valence-electron chi connectivity index (χ1n) is 13.3. The summed E-state index contributed by atoms with van der Waals surface area (Å²) in [4.78, 5) is 0. The fourth-order valence-electron chi connectivity index (χ4n) is 5.78. The van der Waals surface area contributed by atoms with Crippen molar-refractivity contribution in [2.75, 3.05) is 0 Å². The lowest BCUT2D eigenvalue weighted by Gasteiger charge is -2.25. The zero-order valence-corrected chi connectivity index (χ0v) is 23.1. The van der Waals surface area contributed by atoms with Crippen LogP contribution in [0.15, 0.2) is 109 Å². The van der Waals surface area contributed by atoms with E-state index in [4.69, 9.17) is 20.6 Å². The Kier molecular flexibility index (Phi) is 5.81. The average molecular weight is 541 g/mol. The molecule has 0 aromatic heterocycles. The monoisotopic (exact) mass is 540 g/mol. The molecule has 1 aliphatic carbocycles. The smallest absolute Gasteiger partial charge is 0.170 e. The van der Waals surface area contributed by atoms with E-state index < -0.39 is 0 Å². The molecule has 4 nitrogen and oxygen atoms in total. The Bertz CT molecular complexity index is 1800. The fraction of sp³-hybridized carbons (Fsp3) is 0.114. The maximum atomic E-state index is 8.87. The minimum atomic E-state index is -0.324. The van der Waals surface area contributed by atoms with Gasteiger partial charge in [0, 0.05) is 11.0 Å². The topological polar surface area (TPSA) is 68.3 Å². The van der Waals surface area contributed by atoms with Crippen molar-refractivity contribution < 1.29 is 9.47 Å². The lowest BCUT2D eigenvalue weighted by molar-refractivity contribution is 0.359. The number of thioether (sulfide) groups is 1. The van der Waals surface area contributed by atoms with Crippen LogP contribution in [0, 0.1) is 5.41 Å². The van der Waals surface area contributed by atoms with Gasteiger partial charge in [0.2, 0.25) is 0 Å². The molecule has 0 fully saturated rings. The lowest BCUT2D eigenvalue weighted by Crippen LogP contribution is -2.15. The number of ether oxygens (including phenoxy) is 2. The molecule has 0 radical (unpaired) electrons. The van der Waals surface area contributed by atoms with Gasteiger partial charge in [0.05, 0.1) is 10.4 Å². The largest absolute Gasteiger partial charge is 0.450 e. The van der Waals surface area contributed by atoms with Gasteiger partial charge in [-0.2, -0.15) is 0 Å². The molecule has 5 aromatic rings. The third-order valence-corrected chi connectivity index (χ3v) is 8.87. The van der Waals surface area contributed by atoms with E-state index in [1.807, 2.05) is 72.8 Å². The zero-order valence-electron chi connectivity index (χ0n) is 22.3. The van der Waals surface area contributed by atoms with E-state index in [0.29, 0.717) is 22.3 Å². The second-order valence-corrected chi connectivity index (χ2v) is 11.9. The van der Waals surface area contributed by atoms with E-state index in [9.17, 15) is 0 Å². The van der Waals surface area contributed by atoms with Crippen molar-refractivity contribution in [1.29, 1.82) is 5.41 Å². The SMILES string of the molecule is CC1(C)c2ccccc2-c2cc3c(cc21)Oc1ccc(-c2ccccc2C(=N)SC(N)c2ccccc2)cc1O3. The number of nitrogens with one attached hydrogen (secondary N) is 1. The van der Waals surface area contributed by atoms with Gasteiger partial charge >= 0.3 is 0 Å². The number of hydrogen-bond acceptors (Lipinski definition) is 5. The molecule has 0 saturated heterocycles. The summed E-state index contributed by atoms with van der Waals surface area (Å²) in [5, 5.41) is 8.97. The minimum absolute atomic E-state index is 0.107. The van der Waals surface area contributed by atoms with Gasteiger partial charge in [-0.25, -0.2) is 0 Å². The standard InChI is InChI=1S/C35H28N2O2S/c1-35(2)27-15-9-8-13-24(27)26-19-31-32(20-28(26)35)38-29-17-16-22(18-30(29)39-31)23-12-6-7-14-25(23)34(37)40-33(36)21-10-4-3-5-11-21/h3-20,33,37H,36H2,1-2H3.